The average Bonchev–Trinajstić information content (AvgIpc) is 2.11. The summed E-state index contributed by atoms with van der Waals surface area (Å²) in [6.45, 7) is 1.91. The van der Waals surface area contributed by atoms with Gasteiger partial charge in [0.1, 0.15) is 5.82 Å². The third-order valence-electron chi connectivity index (χ3n) is 1.60. The van der Waals surface area contributed by atoms with Gasteiger partial charge >= 0.3 is 0 Å². The Balaban J connectivity index is 3.14. The molecule has 0 radical (unpaired) electrons. The lowest BCUT2D eigenvalue weighted by Gasteiger charge is -2.01. The number of alkyl halides is 1. The fraction of sp³-hybridized carbons (Fsp3) is 0.200. The van der Waals surface area contributed by atoms with E-state index in [9.17, 15) is 4.39 Å². The summed E-state index contributed by atoms with van der Waals surface area (Å²) in [6.07, 6.45) is 1.74. The number of halogens is 3. The van der Waals surface area contributed by atoms with Gasteiger partial charge in [-0.25, -0.2) is 4.39 Å². The molecule has 0 amide bonds. The lowest BCUT2D eigenvalue weighted by Crippen LogP contribution is -1.85. The van der Waals surface area contributed by atoms with Crippen molar-refractivity contribution in [3.8, 4) is 0 Å². The Kier molecular flexibility index (Phi) is 3.94. The van der Waals surface area contributed by atoms with Crippen molar-refractivity contribution in [1.82, 2.24) is 0 Å². The van der Waals surface area contributed by atoms with Crippen molar-refractivity contribution in [1.29, 1.82) is 0 Å². The topological polar surface area (TPSA) is 0 Å². The van der Waals surface area contributed by atoms with Crippen LogP contribution < -0.4 is 0 Å². The summed E-state index contributed by atoms with van der Waals surface area (Å²) in [5.41, 5.74) is 1.49. The Morgan fingerprint density at radius 1 is 1.62 bits per heavy atom. The Bertz CT molecular complexity index is 313. The minimum atomic E-state index is -0.284. The average molecular weight is 264 g/mol. The number of rotatable bonds is 2. The van der Waals surface area contributed by atoms with Crippen molar-refractivity contribution in [2.45, 2.75) is 6.92 Å². The van der Waals surface area contributed by atoms with Crippen LogP contribution in [0.1, 0.15) is 12.5 Å². The summed E-state index contributed by atoms with van der Waals surface area (Å²) in [6, 6.07) is 4.68. The van der Waals surface area contributed by atoms with Crippen LogP contribution in [0.15, 0.2) is 23.8 Å². The number of hydrogen-bond acceptors (Lipinski definition) is 0. The first-order valence-electron chi connectivity index (χ1n) is 3.82. The highest BCUT2D eigenvalue weighted by Crippen LogP contribution is 2.21. The van der Waals surface area contributed by atoms with Gasteiger partial charge in [-0.2, -0.15) is 0 Å². The molecule has 1 aromatic carbocycles. The molecule has 0 aliphatic heterocycles. The fourth-order valence-electron chi connectivity index (χ4n) is 0.934. The quantitative estimate of drug-likeness (QED) is 0.699. The van der Waals surface area contributed by atoms with Crippen LogP contribution in [-0.2, 0) is 0 Å². The van der Waals surface area contributed by atoms with Gasteiger partial charge in [0.05, 0.1) is 5.02 Å². The standard InChI is InChI=1S/C10H9BrClF/c1-7(6-11)5-8-9(12)3-2-4-10(8)13/h2-5H,6H2,1H3. The SMILES string of the molecule is CC(=Cc1c(F)cccc1Cl)CBr. The Hall–Kier alpha value is -0.340. The Morgan fingerprint density at radius 3 is 2.85 bits per heavy atom. The molecule has 0 atom stereocenters. The maximum atomic E-state index is 13.2. The maximum absolute atomic E-state index is 13.2. The summed E-state index contributed by atoms with van der Waals surface area (Å²) >= 11 is 9.12. The smallest absolute Gasteiger partial charge is 0.131 e. The van der Waals surface area contributed by atoms with Gasteiger partial charge in [0, 0.05) is 10.9 Å². The Morgan fingerprint density at radius 2 is 2.31 bits per heavy atom. The lowest BCUT2D eigenvalue weighted by atomic mass is 10.1. The minimum Gasteiger partial charge on any atom is -0.206 e. The van der Waals surface area contributed by atoms with E-state index in [0.717, 1.165) is 10.9 Å². The van der Waals surface area contributed by atoms with Crippen molar-refractivity contribution in [2.24, 2.45) is 0 Å². The molecule has 3 heteroatoms. The minimum absolute atomic E-state index is 0.284. The van der Waals surface area contributed by atoms with Gasteiger partial charge in [-0.05, 0) is 19.1 Å². The molecule has 0 bridgehead atoms. The van der Waals surface area contributed by atoms with Crippen molar-refractivity contribution >= 4 is 33.6 Å². The predicted molar refractivity (Wildman–Crippen MR) is 58.9 cm³/mol. The molecule has 0 aliphatic carbocycles. The van der Waals surface area contributed by atoms with Crippen LogP contribution in [-0.4, -0.2) is 5.33 Å². The van der Waals surface area contributed by atoms with E-state index in [1.54, 1.807) is 18.2 Å². The van der Waals surface area contributed by atoms with Crippen molar-refractivity contribution in [3.05, 3.63) is 40.2 Å². The molecule has 0 aromatic heterocycles. The first-order chi connectivity index (χ1) is 6.15. The van der Waals surface area contributed by atoms with E-state index in [1.807, 2.05) is 6.92 Å². The molecule has 1 aromatic rings. The van der Waals surface area contributed by atoms with Gasteiger partial charge in [0.2, 0.25) is 0 Å². The molecular weight excluding hydrogens is 254 g/mol. The van der Waals surface area contributed by atoms with Crippen molar-refractivity contribution in [2.75, 3.05) is 5.33 Å². The molecular formula is C10H9BrClF. The number of allylic oxidation sites excluding steroid dienone is 1. The summed E-state index contributed by atoms with van der Waals surface area (Å²) in [7, 11) is 0. The summed E-state index contributed by atoms with van der Waals surface area (Å²) in [5.74, 6) is -0.284. The molecule has 0 heterocycles. The summed E-state index contributed by atoms with van der Waals surface area (Å²) in [5, 5.41) is 1.16. The van der Waals surface area contributed by atoms with E-state index in [4.69, 9.17) is 11.6 Å². The fourth-order valence-corrected chi connectivity index (χ4v) is 1.31. The van der Waals surface area contributed by atoms with Crippen LogP contribution >= 0.6 is 27.5 Å². The molecule has 70 valence electrons. The van der Waals surface area contributed by atoms with Crippen LogP contribution in [0, 0.1) is 5.82 Å². The van der Waals surface area contributed by atoms with Gasteiger partial charge < -0.3 is 0 Å². The highest BCUT2D eigenvalue weighted by atomic mass is 79.9. The molecule has 0 unspecified atom stereocenters. The molecule has 0 saturated heterocycles. The van der Waals surface area contributed by atoms with E-state index in [-0.39, 0.29) is 5.82 Å². The normalized spacial score (nSPS) is 11.8. The highest BCUT2D eigenvalue weighted by molar-refractivity contribution is 9.09. The van der Waals surface area contributed by atoms with Gasteiger partial charge in [-0.1, -0.05) is 45.2 Å². The lowest BCUT2D eigenvalue weighted by molar-refractivity contribution is 0.625. The molecule has 1 rings (SSSR count). The zero-order chi connectivity index (χ0) is 9.84. The number of benzene rings is 1. The van der Waals surface area contributed by atoms with Crippen molar-refractivity contribution in [3.63, 3.8) is 0 Å². The monoisotopic (exact) mass is 262 g/mol. The molecule has 0 aliphatic rings. The second-order valence-electron chi connectivity index (χ2n) is 2.76. The molecule has 13 heavy (non-hydrogen) atoms. The van der Waals surface area contributed by atoms with Crippen LogP contribution in [0.4, 0.5) is 4.39 Å². The van der Waals surface area contributed by atoms with Crippen molar-refractivity contribution < 1.29 is 4.39 Å². The third-order valence-corrected chi connectivity index (χ3v) is 2.82. The molecule has 0 saturated carbocycles. The largest absolute Gasteiger partial charge is 0.206 e. The van der Waals surface area contributed by atoms with E-state index < -0.39 is 0 Å². The van der Waals surface area contributed by atoms with E-state index in [1.165, 1.54) is 6.07 Å². The van der Waals surface area contributed by atoms with Crippen LogP contribution in [0.2, 0.25) is 5.02 Å². The first kappa shape index (κ1) is 10.7. The Labute approximate surface area is 90.5 Å². The molecule has 0 spiro atoms. The molecule has 0 fully saturated rings. The van der Waals surface area contributed by atoms with Crippen LogP contribution in [0.3, 0.4) is 0 Å². The van der Waals surface area contributed by atoms with Crippen LogP contribution in [0.5, 0.6) is 0 Å². The molecule has 0 nitrogen and oxygen atoms in total. The second kappa shape index (κ2) is 4.77. The maximum Gasteiger partial charge on any atom is 0.131 e. The van der Waals surface area contributed by atoms with E-state index in [0.29, 0.717) is 10.6 Å². The van der Waals surface area contributed by atoms with E-state index >= 15 is 0 Å². The summed E-state index contributed by atoms with van der Waals surface area (Å²) in [4.78, 5) is 0. The number of hydrogen-bond donors (Lipinski definition) is 0. The van der Waals surface area contributed by atoms with E-state index in [2.05, 4.69) is 15.9 Å². The highest BCUT2D eigenvalue weighted by Gasteiger charge is 2.03. The zero-order valence-electron chi connectivity index (χ0n) is 7.15. The van der Waals surface area contributed by atoms with Crippen LogP contribution in [0.25, 0.3) is 6.08 Å². The van der Waals surface area contributed by atoms with Gasteiger partial charge in [-0.15, -0.1) is 0 Å². The zero-order valence-corrected chi connectivity index (χ0v) is 9.49. The molecule has 0 N–H and O–H groups in total. The third kappa shape index (κ3) is 2.82. The van der Waals surface area contributed by atoms with Gasteiger partial charge in [0.15, 0.2) is 0 Å². The van der Waals surface area contributed by atoms with Gasteiger partial charge in [0.25, 0.3) is 0 Å². The summed E-state index contributed by atoms with van der Waals surface area (Å²) < 4.78 is 13.2. The van der Waals surface area contributed by atoms with Gasteiger partial charge in [-0.3, -0.25) is 0 Å². The second-order valence-corrected chi connectivity index (χ2v) is 3.73. The predicted octanol–water partition coefficient (Wildman–Crippen LogP) is 4.28. The first-order valence-corrected chi connectivity index (χ1v) is 5.32.